The minimum atomic E-state index is -0.0256. The highest BCUT2D eigenvalue weighted by Gasteiger charge is 2.33. The third kappa shape index (κ3) is 3.94. The van der Waals surface area contributed by atoms with Gasteiger partial charge in [0.15, 0.2) is 0 Å². The topological polar surface area (TPSA) is 29.1 Å². The maximum Gasteiger partial charge on any atom is 0.138 e. The summed E-state index contributed by atoms with van der Waals surface area (Å²) in [6.07, 6.45) is 5.08. The second-order valence-electron chi connectivity index (χ2n) is 5.52. The van der Waals surface area contributed by atoms with Crippen LogP contribution in [0.5, 0.6) is 0 Å². The Bertz CT molecular complexity index is 205. The van der Waals surface area contributed by atoms with Gasteiger partial charge in [0, 0.05) is 11.8 Å². The minimum Gasteiger partial charge on any atom is -0.317 e. The van der Waals surface area contributed by atoms with E-state index in [0.29, 0.717) is 5.78 Å². The van der Waals surface area contributed by atoms with E-state index in [1.807, 2.05) is 0 Å². The maximum absolute atomic E-state index is 12.1. The molecular formula is C13H25NO. The Morgan fingerprint density at radius 3 is 2.47 bits per heavy atom. The Morgan fingerprint density at radius 1 is 1.33 bits per heavy atom. The van der Waals surface area contributed by atoms with E-state index in [-0.39, 0.29) is 5.41 Å². The SMILES string of the molecule is CC(C)CCCC(=O)C1(C)CCNCC1. The molecule has 1 aliphatic rings. The van der Waals surface area contributed by atoms with E-state index in [1.165, 1.54) is 6.42 Å². The smallest absolute Gasteiger partial charge is 0.138 e. The molecule has 1 saturated heterocycles. The first-order valence-corrected chi connectivity index (χ1v) is 6.28. The monoisotopic (exact) mass is 211 g/mol. The van der Waals surface area contributed by atoms with Crippen LogP contribution >= 0.6 is 0 Å². The van der Waals surface area contributed by atoms with Crippen molar-refractivity contribution in [2.75, 3.05) is 13.1 Å². The first-order chi connectivity index (χ1) is 7.04. The largest absolute Gasteiger partial charge is 0.317 e. The van der Waals surface area contributed by atoms with Gasteiger partial charge in [0.25, 0.3) is 0 Å². The van der Waals surface area contributed by atoms with Crippen molar-refractivity contribution in [3.8, 4) is 0 Å². The Morgan fingerprint density at radius 2 is 1.93 bits per heavy atom. The summed E-state index contributed by atoms with van der Waals surface area (Å²) in [5.41, 5.74) is -0.0256. The quantitative estimate of drug-likeness (QED) is 0.757. The first-order valence-electron chi connectivity index (χ1n) is 6.28. The van der Waals surface area contributed by atoms with E-state index in [9.17, 15) is 4.79 Å². The molecule has 0 radical (unpaired) electrons. The molecule has 0 saturated carbocycles. The van der Waals surface area contributed by atoms with Crippen LogP contribution in [-0.4, -0.2) is 18.9 Å². The molecule has 88 valence electrons. The highest BCUT2D eigenvalue weighted by molar-refractivity contribution is 5.84. The van der Waals surface area contributed by atoms with E-state index in [4.69, 9.17) is 0 Å². The Hall–Kier alpha value is -0.370. The van der Waals surface area contributed by atoms with E-state index in [2.05, 4.69) is 26.1 Å². The van der Waals surface area contributed by atoms with Gasteiger partial charge >= 0.3 is 0 Å². The highest BCUT2D eigenvalue weighted by Crippen LogP contribution is 2.31. The van der Waals surface area contributed by atoms with Crippen molar-refractivity contribution in [1.29, 1.82) is 0 Å². The van der Waals surface area contributed by atoms with Crippen molar-refractivity contribution in [3.05, 3.63) is 0 Å². The lowest BCUT2D eigenvalue weighted by Crippen LogP contribution is -2.40. The van der Waals surface area contributed by atoms with Crippen LogP contribution in [0.3, 0.4) is 0 Å². The molecule has 1 fully saturated rings. The van der Waals surface area contributed by atoms with Crippen LogP contribution in [0.25, 0.3) is 0 Å². The predicted molar refractivity (Wildman–Crippen MR) is 63.9 cm³/mol. The van der Waals surface area contributed by atoms with Crippen LogP contribution < -0.4 is 5.32 Å². The zero-order chi connectivity index (χ0) is 11.3. The molecule has 0 aromatic heterocycles. The second kappa shape index (κ2) is 5.64. The second-order valence-corrected chi connectivity index (χ2v) is 5.52. The lowest BCUT2D eigenvalue weighted by molar-refractivity contribution is -0.129. The zero-order valence-electron chi connectivity index (χ0n) is 10.4. The third-order valence-electron chi connectivity index (χ3n) is 3.57. The summed E-state index contributed by atoms with van der Waals surface area (Å²) < 4.78 is 0. The lowest BCUT2D eigenvalue weighted by Gasteiger charge is -2.32. The molecule has 1 heterocycles. The number of carbonyl (C=O) groups excluding carboxylic acids is 1. The number of hydrogen-bond donors (Lipinski definition) is 1. The van der Waals surface area contributed by atoms with Crippen molar-refractivity contribution in [3.63, 3.8) is 0 Å². The standard InChI is InChI=1S/C13H25NO/c1-11(2)5-4-6-12(15)13(3)7-9-14-10-8-13/h11,14H,4-10H2,1-3H3. The molecule has 1 aliphatic heterocycles. The molecule has 0 aliphatic carbocycles. The van der Waals surface area contributed by atoms with Crippen LogP contribution in [0, 0.1) is 11.3 Å². The summed E-state index contributed by atoms with van der Waals surface area (Å²) >= 11 is 0. The van der Waals surface area contributed by atoms with Gasteiger partial charge in [-0.1, -0.05) is 27.2 Å². The number of hydrogen-bond acceptors (Lipinski definition) is 2. The molecule has 15 heavy (non-hydrogen) atoms. The molecule has 2 nitrogen and oxygen atoms in total. The van der Waals surface area contributed by atoms with Crippen LogP contribution in [0.15, 0.2) is 0 Å². The van der Waals surface area contributed by atoms with Gasteiger partial charge in [-0.05, 0) is 38.3 Å². The van der Waals surface area contributed by atoms with Crippen molar-refractivity contribution in [2.24, 2.45) is 11.3 Å². The van der Waals surface area contributed by atoms with Crippen LogP contribution in [-0.2, 0) is 4.79 Å². The fourth-order valence-corrected chi connectivity index (χ4v) is 2.23. The van der Waals surface area contributed by atoms with E-state index in [0.717, 1.165) is 44.7 Å². The lowest BCUT2D eigenvalue weighted by atomic mass is 9.75. The summed E-state index contributed by atoms with van der Waals surface area (Å²) in [7, 11) is 0. The minimum absolute atomic E-state index is 0.0256. The molecule has 0 atom stereocenters. The van der Waals surface area contributed by atoms with Crippen LogP contribution in [0.4, 0.5) is 0 Å². The number of nitrogens with one attached hydrogen (secondary N) is 1. The van der Waals surface area contributed by atoms with Crippen molar-refractivity contribution >= 4 is 5.78 Å². The van der Waals surface area contributed by atoms with Gasteiger partial charge in [0.1, 0.15) is 5.78 Å². The molecule has 0 spiro atoms. The van der Waals surface area contributed by atoms with Gasteiger partial charge in [-0.2, -0.15) is 0 Å². The Labute approximate surface area is 93.8 Å². The summed E-state index contributed by atoms with van der Waals surface area (Å²) in [4.78, 5) is 12.1. The normalized spacial score (nSPS) is 20.5. The summed E-state index contributed by atoms with van der Waals surface area (Å²) in [6.45, 7) is 8.60. The molecule has 2 heteroatoms. The van der Waals surface area contributed by atoms with Crippen LogP contribution in [0.1, 0.15) is 52.9 Å². The average Bonchev–Trinajstić information content (AvgIpc) is 2.18. The van der Waals surface area contributed by atoms with Gasteiger partial charge in [-0.3, -0.25) is 4.79 Å². The number of rotatable bonds is 5. The maximum atomic E-state index is 12.1. The highest BCUT2D eigenvalue weighted by atomic mass is 16.1. The molecule has 1 N–H and O–H groups in total. The van der Waals surface area contributed by atoms with Crippen LogP contribution in [0.2, 0.25) is 0 Å². The molecule has 0 unspecified atom stereocenters. The van der Waals surface area contributed by atoms with E-state index >= 15 is 0 Å². The molecule has 0 aromatic rings. The third-order valence-corrected chi connectivity index (χ3v) is 3.57. The van der Waals surface area contributed by atoms with E-state index in [1.54, 1.807) is 0 Å². The van der Waals surface area contributed by atoms with Crippen molar-refractivity contribution in [2.45, 2.75) is 52.9 Å². The van der Waals surface area contributed by atoms with Crippen molar-refractivity contribution < 1.29 is 4.79 Å². The molecule has 0 aromatic carbocycles. The fraction of sp³-hybridized carbons (Fsp3) is 0.923. The van der Waals surface area contributed by atoms with Gasteiger partial charge < -0.3 is 5.32 Å². The fourth-order valence-electron chi connectivity index (χ4n) is 2.23. The van der Waals surface area contributed by atoms with E-state index < -0.39 is 0 Å². The Balaban J connectivity index is 2.31. The molecule has 0 bridgehead atoms. The molecule has 1 rings (SSSR count). The number of Topliss-reactive ketones (excluding diaryl/α,β-unsaturated/α-hetero) is 1. The summed E-state index contributed by atoms with van der Waals surface area (Å²) in [5, 5.41) is 3.32. The number of carbonyl (C=O) groups is 1. The summed E-state index contributed by atoms with van der Waals surface area (Å²) in [5.74, 6) is 1.21. The van der Waals surface area contributed by atoms with Gasteiger partial charge in [-0.15, -0.1) is 0 Å². The molecule has 0 amide bonds. The number of ketones is 1. The molecular weight excluding hydrogens is 186 g/mol. The average molecular weight is 211 g/mol. The van der Waals surface area contributed by atoms with Gasteiger partial charge in [0.05, 0.1) is 0 Å². The number of piperidine rings is 1. The predicted octanol–water partition coefficient (Wildman–Crippen LogP) is 2.77. The summed E-state index contributed by atoms with van der Waals surface area (Å²) in [6, 6.07) is 0. The van der Waals surface area contributed by atoms with Gasteiger partial charge in [0.2, 0.25) is 0 Å². The van der Waals surface area contributed by atoms with Crippen molar-refractivity contribution in [1.82, 2.24) is 5.32 Å². The Kier molecular flexibility index (Phi) is 4.78. The first kappa shape index (κ1) is 12.7. The zero-order valence-corrected chi connectivity index (χ0v) is 10.4. The van der Waals surface area contributed by atoms with Gasteiger partial charge in [-0.25, -0.2) is 0 Å².